The van der Waals surface area contributed by atoms with Gasteiger partial charge in [-0.3, -0.25) is 0 Å². The molecule has 0 heterocycles. The quantitative estimate of drug-likeness (QED) is 0.466. The van der Waals surface area contributed by atoms with E-state index in [2.05, 4.69) is 40.3 Å². The number of allylic oxidation sites excluding steroid dienone is 1. The second-order valence-electron chi connectivity index (χ2n) is 11.4. The molecule has 0 radical (unpaired) electrons. The van der Waals surface area contributed by atoms with Gasteiger partial charge in [0, 0.05) is 0 Å². The van der Waals surface area contributed by atoms with E-state index in [-0.39, 0.29) is 0 Å². The summed E-state index contributed by atoms with van der Waals surface area (Å²) in [7, 11) is 0. The Bertz CT molecular complexity index is 504. The van der Waals surface area contributed by atoms with Crippen LogP contribution in [-0.2, 0) is 0 Å². The van der Waals surface area contributed by atoms with E-state index in [0.717, 1.165) is 41.4 Å². The van der Waals surface area contributed by atoms with Gasteiger partial charge in [-0.1, -0.05) is 33.8 Å². The number of hydrogen-bond donors (Lipinski definition) is 0. The van der Waals surface area contributed by atoms with Gasteiger partial charge in [-0.05, 0) is 116 Å². The minimum atomic E-state index is 0.653. The summed E-state index contributed by atoms with van der Waals surface area (Å²) < 4.78 is 0. The Morgan fingerprint density at radius 1 is 0.920 bits per heavy atom. The number of fused-ring (bicyclic) bond motifs is 5. The molecule has 142 valence electrons. The Kier molecular flexibility index (Phi) is 4.65. The van der Waals surface area contributed by atoms with Crippen molar-refractivity contribution in [3.8, 4) is 0 Å². The highest BCUT2D eigenvalue weighted by Gasteiger charge is 2.59. The third-order valence-electron chi connectivity index (χ3n) is 9.99. The van der Waals surface area contributed by atoms with E-state index in [0.29, 0.717) is 10.8 Å². The lowest BCUT2D eigenvalue weighted by atomic mass is 9.44. The van der Waals surface area contributed by atoms with Crippen LogP contribution in [0, 0.1) is 52.3 Å². The fraction of sp³-hybridized carbons (Fsp3) is 0.920. The van der Waals surface area contributed by atoms with E-state index < -0.39 is 0 Å². The van der Waals surface area contributed by atoms with Crippen molar-refractivity contribution in [1.82, 2.24) is 0 Å². The topological polar surface area (TPSA) is 0 Å². The van der Waals surface area contributed by atoms with Gasteiger partial charge < -0.3 is 0 Å². The van der Waals surface area contributed by atoms with E-state index in [9.17, 15) is 0 Å². The molecule has 0 aromatic carbocycles. The summed E-state index contributed by atoms with van der Waals surface area (Å²) in [5.41, 5.74) is 1.33. The molecule has 0 heteroatoms. The van der Waals surface area contributed by atoms with Crippen molar-refractivity contribution in [2.75, 3.05) is 0 Å². The van der Waals surface area contributed by atoms with E-state index in [1.807, 2.05) is 0 Å². The molecule has 0 saturated heterocycles. The zero-order valence-corrected chi connectivity index (χ0v) is 17.4. The highest BCUT2D eigenvalue weighted by molar-refractivity contribution is 5.09. The zero-order chi connectivity index (χ0) is 17.8. The minimum absolute atomic E-state index is 0.653. The van der Waals surface area contributed by atoms with Crippen molar-refractivity contribution in [2.24, 2.45) is 52.3 Å². The van der Waals surface area contributed by atoms with Crippen molar-refractivity contribution in [2.45, 2.75) is 91.9 Å². The summed E-state index contributed by atoms with van der Waals surface area (Å²) in [6.45, 7) is 14.4. The summed E-state index contributed by atoms with van der Waals surface area (Å²) in [4.78, 5) is 0. The number of hydrogen-bond acceptors (Lipinski definition) is 0. The lowest BCUT2D eigenvalue weighted by Crippen LogP contribution is -2.53. The Labute approximate surface area is 157 Å². The van der Waals surface area contributed by atoms with Gasteiger partial charge in [0.1, 0.15) is 0 Å². The monoisotopic (exact) mass is 342 g/mol. The fourth-order valence-electron chi connectivity index (χ4n) is 8.57. The lowest BCUT2D eigenvalue weighted by molar-refractivity contribution is -0.116. The van der Waals surface area contributed by atoms with E-state index >= 15 is 0 Å². The van der Waals surface area contributed by atoms with Gasteiger partial charge in [-0.25, -0.2) is 0 Å². The maximum Gasteiger partial charge on any atom is -0.0233 e. The summed E-state index contributed by atoms with van der Waals surface area (Å²) in [6, 6.07) is 0. The smallest absolute Gasteiger partial charge is 0.0233 e. The molecular weight excluding hydrogens is 300 g/mol. The van der Waals surface area contributed by atoms with Gasteiger partial charge in [0.15, 0.2) is 0 Å². The van der Waals surface area contributed by atoms with Crippen molar-refractivity contribution in [1.29, 1.82) is 0 Å². The largest absolute Gasteiger partial charge is 0.103 e. The summed E-state index contributed by atoms with van der Waals surface area (Å²) in [5, 5.41) is 0. The predicted octanol–water partition coefficient (Wildman–Crippen LogP) is 7.49. The van der Waals surface area contributed by atoms with E-state index in [4.69, 9.17) is 0 Å². The lowest BCUT2D eigenvalue weighted by Gasteiger charge is -2.61. The van der Waals surface area contributed by atoms with Gasteiger partial charge >= 0.3 is 0 Å². The maximum atomic E-state index is 4.11. The van der Waals surface area contributed by atoms with Crippen LogP contribution in [0.2, 0.25) is 0 Å². The normalized spacial score (nSPS) is 52.4. The Hall–Kier alpha value is -0.260. The summed E-state index contributed by atoms with van der Waals surface area (Å²) in [5.74, 6) is 6.82. The van der Waals surface area contributed by atoms with E-state index in [1.54, 1.807) is 12.8 Å². The van der Waals surface area contributed by atoms with Crippen molar-refractivity contribution >= 4 is 0 Å². The zero-order valence-electron chi connectivity index (χ0n) is 17.4. The average Bonchev–Trinajstić information content (AvgIpc) is 2.90. The molecule has 0 aromatic heterocycles. The van der Waals surface area contributed by atoms with Crippen LogP contribution in [0.15, 0.2) is 12.7 Å². The maximum absolute atomic E-state index is 4.11. The van der Waals surface area contributed by atoms with Crippen LogP contribution in [-0.4, -0.2) is 0 Å². The molecule has 4 rings (SSSR count). The standard InChI is InChI=1S/C25H42/c1-6-18-11-13-24(4)20(16-18)7-9-21-22-10-8-19(15-17(2)3)25(22,5)14-12-23(21)24/h6,17-23H,1,7-16H2,2-5H3/t18-,19?,20?,21?,22?,23?,24?,25?/m0/s1. The van der Waals surface area contributed by atoms with Crippen molar-refractivity contribution < 1.29 is 0 Å². The summed E-state index contributed by atoms with van der Waals surface area (Å²) >= 11 is 0. The van der Waals surface area contributed by atoms with Crippen LogP contribution in [0.1, 0.15) is 91.9 Å². The molecule has 4 aliphatic rings. The third kappa shape index (κ3) is 2.76. The van der Waals surface area contributed by atoms with Crippen molar-refractivity contribution in [3.05, 3.63) is 12.7 Å². The molecular formula is C25H42. The second kappa shape index (κ2) is 6.42. The molecule has 0 spiro atoms. The first-order valence-corrected chi connectivity index (χ1v) is 11.5. The van der Waals surface area contributed by atoms with Gasteiger partial charge in [0.25, 0.3) is 0 Å². The molecule has 25 heavy (non-hydrogen) atoms. The molecule has 7 unspecified atom stereocenters. The molecule has 4 fully saturated rings. The highest BCUT2D eigenvalue weighted by Crippen LogP contribution is 2.68. The molecule has 4 aliphatic carbocycles. The molecule has 0 nitrogen and oxygen atoms in total. The number of rotatable bonds is 3. The van der Waals surface area contributed by atoms with Crippen LogP contribution in [0.5, 0.6) is 0 Å². The second-order valence-corrected chi connectivity index (χ2v) is 11.4. The Morgan fingerprint density at radius 3 is 2.36 bits per heavy atom. The van der Waals surface area contributed by atoms with Crippen LogP contribution < -0.4 is 0 Å². The average molecular weight is 343 g/mol. The molecule has 0 amide bonds. The molecule has 4 saturated carbocycles. The molecule has 0 bridgehead atoms. The summed E-state index contributed by atoms with van der Waals surface area (Å²) in [6.07, 6.45) is 17.3. The first kappa shape index (κ1) is 18.1. The predicted molar refractivity (Wildman–Crippen MR) is 108 cm³/mol. The van der Waals surface area contributed by atoms with Gasteiger partial charge in [0.2, 0.25) is 0 Å². The minimum Gasteiger partial charge on any atom is -0.103 e. The van der Waals surface area contributed by atoms with Gasteiger partial charge in [-0.15, -0.1) is 6.58 Å². The van der Waals surface area contributed by atoms with Crippen LogP contribution in [0.25, 0.3) is 0 Å². The molecule has 0 N–H and O–H groups in total. The first-order valence-electron chi connectivity index (χ1n) is 11.5. The van der Waals surface area contributed by atoms with Crippen molar-refractivity contribution in [3.63, 3.8) is 0 Å². The SMILES string of the molecule is C=C[C@H]1CCC2(C)C(CCC3C4CCC(CC(C)C)C4(C)CCC32)C1. The molecule has 8 atom stereocenters. The fourth-order valence-corrected chi connectivity index (χ4v) is 8.57. The highest BCUT2D eigenvalue weighted by atomic mass is 14.6. The Balaban J connectivity index is 1.55. The van der Waals surface area contributed by atoms with Gasteiger partial charge in [-0.2, -0.15) is 0 Å². The molecule has 0 aliphatic heterocycles. The first-order chi connectivity index (χ1) is 11.9. The molecule has 0 aromatic rings. The van der Waals surface area contributed by atoms with Gasteiger partial charge in [0.05, 0.1) is 0 Å². The van der Waals surface area contributed by atoms with Crippen LogP contribution in [0.3, 0.4) is 0 Å². The third-order valence-corrected chi connectivity index (χ3v) is 9.99. The Morgan fingerprint density at radius 2 is 1.64 bits per heavy atom. The van der Waals surface area contributed by atoms with Crippen LogP contribution >= 0.6 is 0 Å². The van der Waals surface area contributed by atoms with Crippen LogP contribution in [0.4, 0.5) is 0 Å². The van der Waals surface area contributed by atoms with E-state index in [1.165, 1.54) is 51.4 Å².